The van der Waals surface area contributed by atoms with E-state index in [1.807, 2.05) is 6.92 Å². The first-order valence-electron chi connectivity index (χ1n) is 6.13. The van der Waals surface area contributed by atoms with Crippen LogP contribution >= 0.6 is 11.8 Å². The summed E-state index contributed by atoms with van der Waals surface area (Å²) in [5, 5.41) is 12.5. The van der Waals surface area contributed by atoms with Gasteiger partial charge >= 0.3 is 5.97 Å². The number of aromatic nitrogens is 1. The molecule has 0 aliphatic carbocycles. The standard InChI is InChI=1S/C11H16N2O5S2/c1-3-10-13(9(5-19-10)11(14)15)20(16,17)6-8-4-7(2)18-12-8/h4,9-10H,3,5-6H2,1-2H3,(H,14,15). The Balaban J connectivity index is 2.27. The number of carboxylic acids is 1. The highest BCUT2D eigenvalue weighted by Crippen LogP contribution is 2.34. The molecule has 1 aliphatic rings. The molecule has 1 aliphatic heterocycles. The molecule has 9 heteroatoms. The van der Waals surface area contributed by atoms with Crippen LogP contribution in [-0.4, -0.2) is 46.1 Å². The molecule has 112 valence electrons. The number of carbonyl (C=O) groups is 1. The summed E-state index contributed by atoms with van der Waals surface area (Å²) in [6, 6.07) is 0.528. The van der Waals surface area contributed by atoms with E-state index in [2.05, 4.69) is 5.16 Å². The molecule has 20 heavy (non-hydrogen) atoms. The van der Waals surface area contributed by atoms with E-state index >= 15 is 0 Å². The van der Waals surface area contributed by atoms with Crippen molar-refractivity contribution in [2.75, 3.05) is 5.75 Å². The molecule has 0 amide bonds. The molecule has 0 bridgehead atoms. The van der Waals surface area contributed by atoms with Gasteiger partial charge in [0.25, 0.3) is 0 Å². The molecule has 0 radical (unpaired) electrons. The number of aliphatic carboxylic acids is 1. The first-order valence-corrected chi connectivity index (χ1v) is 8.78. The van der Waals surface area contributed by atoms with E-state index in [4.69, 9.17) is 4.52 Å². The van der Waals surface area contributed by atoms with Crippen LogP contribution in [0.4, 0.5) is 0 Å². The number of nitrogens with zero attached hydrogens (tertiary/aromatic N) is 2. The molecule has 1 aromatic heterocycles. The molecule has 1 N–H and O–H groups in total. The molecule has 0 spiro atoms. The first kappa shape index (κ1) is 15.3. The second-order valence-corrected chi connectivity index (χ2v) is 7.65. The highest BCUT2D eigenvalue weighted by molar-refractivity contribution is 8.01. The van der Waals surface area contributed by atoms with Gasteiger partial charge in [0.1, 0.15) is 23.2 Å². The Bertz CT molecular complexity index is 598. The van der Waals surface area contributed by atoms with E-state index in [0.29, 0.717) is 17.9 Å². The fraction of sp³-hybridized carbons (Fsp3) is 0.636. The normalized spacial score (nSPS) is 24.1. The van der Waals surface area contributed by atoms with Gasteiger partial charge in [-0.25, -0.2) is 8.42 Å². The van der Waals surface area contributed by atoms with Crippen molar-refractivity contribution >= 4 is 27.8 Å². The summed E-state index contributed by atoms with van der Waals surface area (Å²) in [5.74, 6) is -0.669. The molecule has 1 saturated heterocycles. The zero-order valence-electron chi connectivity index (χ0n) is 11.1. The van der Waals surface area contributed by atoms with E-state index in [0.717, 1.165) is 4.31 Å². The molecule has 2 heterocycles. The fourth-order valence-electron chi connectivity index (χ4n) is 2.15. The first-order chi connectivity index (χ1) is 9.35. The van der Waals surface area contributed by atoms with Crippen LogP contribution in [0.5, 0.6) is 0 Å². The van der Waals surface area contributed by atoms with Gasteiger partial charge in [-0.05, 0) is 13.3 Å². The SMILES string of the molecule is CCC1SCC(C(=O)O)N1S(=O)(=O)Cc1cc(C)on1. The van der Waals surface area contributed by atoms with Crippen molar-refractivity contribution in [1.82, 2.24) is 9.46 Å². The second-order valence-electron chi connectivity index (χ2n) is 4.57. The van der Waals surface area contributed by atoms with Gasteiger partial charge in [-0.3, -0.25) is 4.79 Å². The topological polar surface area (TPSA) is 101 Å². The minimum Gasteiger partial charge on any atom is -0.480 e. The largest absolute Gasteiger partial charge is 0.480 e. The van der Waals surface area contributed by atoms with Gasteiger partial charge in [-0.15, -0.1) is 11.8 Å². The van der Waals surface area contributed by atoms with Gasteiger partial charge < -0.3 is 9.63 Å². The van der Waals surface area contributed by atoms with Crippen molar-refractivity contribution in [2.24, 2.45) is 0 Å². The van der Waals surface area contributed by atoms with Crippen LogP contribution in [0.3, 0.4) is 0 Å². The second kappa shape index (κ2) is 5.74. The number of rotatable bonds is 5. The molecule has 0 saturated carbocycles. The molecule has 1 fully saturated rings. The van der Waals surface area contributed by atoms with Crippen molar-refractivity contribution in [1.29, 1.82) is 0 Å². The van der Waals surface area contributed by atoms with Crippen molar-refractivity contribution in [3.63, 3.8) is 0 Å². The molecular weight excluding hydrogens is 304 g/mol. The predicted molar refractivity (Wildman–Crippen MR) is 73.7 cm³/mol. The molecule has 1 aromatic rings. The number of aryl methyl sites for hydroxylation is 1. The van der Waals surface area contributed by atoms with Gasteiger partial charge in [0, 0.05) is 11.8 Å². The average Bonchev–Trinajstić information content (AvgIpc) is 2.94. The maximum atomic E-state index is 12.5. The van der Waals surface area contributed by atoms with Crippen LogP contribution in [0.25, 0.3) is 0 Å². The Morgan fingerprint density at radius 1 is 1.65 bits per heavy atom. The van der Waals surface area contributed by atoms with Crippen LogP contribution < -0.4 is 0 Å². The number of hydrogen-bond acceptors (Lipinski definition) is 6. The van der Waals surface area contributed by atoms with Crippen molar-refractivity contribution in [3.05, 3.63) is 17.5 Å². The minimum absolute atomic E-state index is 0.269. The fourth-order valence-corrected chi connectivity index (χ4v) is 5.77. The Labute approximate surface area is 121 Å². The lowest BCUT2D eigenvalue weighted by Gasteiger charge is -2.25. The van der Waals surface area contributed by atoms with E-state index in [1.54, 1.807) is 6.92 Å². The highest BCUT2D eigenvalue weighted by Gasteiger charge is 2.45. The van der Waals surface area contributed by atoms with Gasteiger partial charge in [-0.1, -0.05) is 12.1 Å². The Morgan fingerprint density at radius 3 is 2.85 bits per heavy atom. The third kappa shape index (κ3) is 2.99. The van der Waals surface area contributed by atoms with Crippen LogP contribution in [0, 0.1) is 6.92 Å². The Kier molecular flexibility index (Phi) is 4.40. The quantitative estimate of drug-likeness (QED) is 0.865. The number of hydrogen-bond donors (Lipinski definition) is 1. The summed E-state index contributed by atoms with van der Waals surface area (Å²) in [5.41, 5.74) is 0.290. The highest BCUT2D eigenvalue weighted by atomic mass is 32.2. The number of carboxylic acid groups (broad SMARTS) is 1. The van der Waals surface area contributed by atoms with Gasteiger partial charge in [0.2, 0.25) is 10.0 Å². The average molecular weight is 320 g/mol. The summed E-state index contributed by atoms with van der Waals surface area (Å²) >= 11 is 1.35. The lowest BCUT2D eigenvalue weighted by Crippen LogP contribution is -2.45. The molecule has 7 nitrogen and oxygen atoms in total. The zero-order valence-corrected chi connectivity index (χ0v) is 12.8. The molecular formula is C11H16N2O5S2. The summed E-state index contributed by atoms with van der Waals surface area (Å²) in [7, 11) is -3.75. The van der Waals surface area contributed by atoms with Crippen LogP contribution in [0.2, 0.25) is 0 Å². The third-order valence-corrected chi connectivity index (χ3v) is 6.40. The molecule has 2 unspecified atom stereocenters. The van der Waals surface area contributed by atoms with E-state index in [9.17, 15) is 18.3 Å². The van der Waals surface area contributed by atoms with Gasteiger partial charge in [0.15, 0.2) is 0 Å². The van der Waals surface area contributed by atoms with Gasteiger partial charge in [-0.2, -0.15) is 4.31 Å². The van der Waals surface area contributed by atoms with Crippen molar-refractivity contribution in [2.45, 2.75) is 37.4 Å². The maximum Gasteiger partial charge on any atom is 0.322 e. The monoisotopic (exact) mass is 320 g/mol. The predicted octanol–water partition coefficient (Wildman–Crippen LogP) is 1.05. The summed E-state index contributed by atoms with van der Waals surface area (Å²) < 4.78 is 30.9. The zero-order chi connectivity index (χ0) is 14.9. The van der Waals surface area contributed by atoms with Crippen molar-refractivity contribution in [3.8, 4) is 0 Å². The van der Waals surface area contributed by atoms with Crippen molar-refractivity contribution < 1.29 is 22.8 Å². The molecule has 2 rings (SSSR count). The molecule has 0 aromatic carbocycles. The Morgan fingerprint density at radius 2 is 2.35 bits per heavy atom. The lowest BCUT2D eigenvalue weighted by atomic mass is 10.3. The van der Waals surface area contributed by atoms with Crippen LogP contribution in [0.1, 0.15) is 24.8 Å². The summed E-state index contributed by atoms with van der Waals surface area (Å²) in [4.78, 5) is 11.2. The van der Waals surface area contributed by atoms with Crippen LogP contribution in [-0.2, 0) is 20.6 Å². The third-order valence-electron chi connectivity index (χ3n) is 3.00. The van der Waals surface area contributed by atoms with Gasteiger partial charge in [0.05, 0.1) is 5.37 Å². The summed E-state index contributed by atoms with van der Waals surface area (Å²) in [6.07, 6.45) is 0.561. The van der Waals surface area contributed by atoms with E-state index in [1.165, 1.54) is 17.8 Å². The van der Waals surface area contributed by atoms with E-state index in [-0.39, 0.29) is 16.9 Å². The van der Waals surface area contributed by atoms with E-state index < -0.39 is 22.0 Å². The number of thioether (sulfide) groups is 1. The maximum absolute atomic E-state index is 12.5. The minimum atomic E-state index is -3.75. The smallest absolute Gasteiger partial charge is 0.322 e. The van der Waals surface area contributed by atoms with Crippen LogP contribution in [0.15, 0.2) is 10.6 Å². The summed E-state index contributed by atoms with van der Waals surface area (Å²) in [6.45, 7) is 3.51. The molecule has 2 atom stereocenters. The number of sulfonamides is 1. The lowest BCUT2D eigenvalue weighted by molar-refractivity contribution is -0.140. The Hall–Kier alpha value is -1.06.